The van der Waals surface area contributed by atoms with Crippen LogP contribution in [0.3, 0.4) is 0 Å². The highest BCUT2D eigenvalue weighted by Crippen LogP contribution is 2.22. The summed E-state index contributed by atoms with van der Waals surface area (Å²) in [5.41, 5.74) is 0.244. The number of carbonyl (C=O) groups excluding carboxylic acids is 1. The second-order valence-corrected chi connectivity index (χ2v) is 3.92. The van der Waals surface area contributed by atoms with Crippen molar-refractivity contribution in [2.45, 2.75) is 6.92 Å². The summed E-state index contributed by atoms with van der Waals surface area (Å²) in [4.78, 5) is 22.5. The molecule has 8 nitrogen and oxygen atoms in total. The highest BCUT2D eigenvalue weighted by Gasteiger charge is 2.14. The number of nitrogens with one attached hydrogen (secondary N) is 1. The molecule has 20 heavy (non-hydrogen) atoms. The maximum Gasteiger partial charge on any atom is 0.358 e. The van der Waals surface area contributed by atoms with Crippen LogP contribution >= 0.6 is 0 Å². The molecule has 8 heteroatoms. The summed E-state index contributed by atoms with van der Waals surface area (Å²) >= 11 is 0. The zero-order valence-corrected chi connectivity index (χ0v) is 10.6. The summed E-state index contributed by atoms with van der Waals surface area (Å²) in [6.07, 6.45) is 1.15. The normalized spacial score (nSPS) is 10.2. The van der Waals surface area contributed by atoms with Crippen molar-refractivity contribution in [3.05, 3.63) is 35.7 Å². The molecule has 0 aliphatic carbocycles. The topological polar surface area (TPSA) is 117 Å². The molecule has 2 rings (SSSR count). The van der Waals surface area contributed by atoms with Crippen LogP contribution in [0.25, 0.3) is 5.69 Å². The third kappa shape index (κ3) is 2.58. The standard InChI is InChI=1S/C12H12N4O4/c1-2-13-11(18)7-3-4-10(17)9(5-7)16-6-8(12(19)20)14-15-16/h3-6,17H,2H2,1H3,(H,13,18)(H,19,20). The van der Waals surface area contributed by atoms with E-state index in [0.717, 1.165) is 10.9 Å². The first kappa shape index (κ1) is 13.5. The van der Waals surface area contributed by atoms with E-state index in [1.54, 1.807) is 6.92 Å². The van der Waals surface area contributed by atoms with E-state index in [1.807, 2.05) is 0 Å². The number of carbonyl (C=O) groups is 2. The summed E-state index contributed by atoms with van der Waals surface area (Å²) in [6.45, 7) is 2.26. The molecule has 1 heterocycles. The Labute approximate surface area is 113 Å². The molecule has 0 spiro atoms. The number of aromatic carboxylic acids is 1. The predicted molar refractivity (Wildman–Crippen MR) is 68.0 cm³/mol. The molecule has 0 fully saturated rings. The Hall–Kier alpha value is -2.90. The number of phenols is 1. The number of carboxylic acid groups (broad SMARTS) is 1. The molecule has 3 N–H and O–H groups in total. The van der Waals surface area contributed by atoms with Crippen molar-refractivity contribution in [1.82, 2.24) is 20.3 Å². The highest BCUT2D eigenvalue weighted by atomic mass is 16.4. The molecule has 0 aliphatic rings. The smallest absolute Gasteiger partial charge is 0.358 e. The number of benzene rings is 1. The van der Waals surface area contributed by atoms with E-state index in [4.69, 9.17) is 5.11 Å². The van der Waals surface area contributed by atoms with Crippen molar-refractivity contribution in [2.24, 2.45) is 0 Å². The number of phenolic OH excluding ortho intramolecular Hbond substituents is 1. The van der Waals surface area contributed by atoms with Crippen molar-refractivity contribution in [3.63, 3.8) is 0 Å². The first-order valence-electron chi connectivity index (χ1n) is 5.80. The van der Waals surface area contributed by atoms with Gasteiger partial charge in [-0.2, -0.15) is 0 Å². The third-order valence-corrected chi connectivity index (χ3v) is 2.53. The second kappa shape index (κ2) is 5.39. The van der Waals surface area contributed by atoms with Crippen LogP contribution < -0.4 is 5.32 Å². The SMILES string of the molecule is CCNC(=O)c1ccc(O)c(-n2cc(C(=O)O)nn2)c1. The number of amides is 1. The van der Waals surface area contributed by atoms with Gasteiger partial charge < -0.3 is 15.5 Å². The summed E-state index contributed by atoms with van der Waals surface area (Å²) < 4.78 is 1.10. The Morgan fingerprint density at radius 3 is 2.75 bits per heavy atom. The molecule has 0 saturated heterocycles. The number of hydrogen-bond donors (Lipinski definition) is 3. The molecule has 2 aromatic rings. The predicted octanol–water partition coefficient (Wildman–Crippen LogP) is 0.421. The lowest BCUT2D eigenvalue weighted by Crippen LogP contribution is -2.22. The average Bonchev–Trinajstić information content (AvgIpc) is 2.89. The van der Waals surface area contributed by atoms with E-state index >= 15 is 0 Å². The fourth-order valence-electron chi connectivity index (χ4n) is 1.59. The first-order chi connectivity index (χ1) is 9.52. The largest absolute Gasteiger partial charge is 0.506 e. The van der Waals surface area contributed by atoms with E-state index in [-0.39, 0.29) is 23.0 Å². The summed E-state index contributed by atoms with van der Waals surface area (Å²) in [7, 11) is 0. The number of nitrogens with zero attached hydrogens (tertiary/aromatic N) is 3. The van der Waals surface area contributed by atoms with Crippen LogP contribution in [-0.2, 0) is 0 Å². The lowest BCUT2D eigenvalue weighted by Gasteiger charge is -2.07. The van der Waals surface area contributed by atoms with Gasteiger partial charge in [-0.05, 0) is 25.1 Å². The van der Waals surface area contributed by atoms with Crippen LogP contribution in [0.4, 0.5) is 0 Å². The van der Waals surface area contributed by atoms with Gasteiger partial charge in [0.1, 0.15) is 11.4 Å². The Kier molecular flexibility index (Phi) is 3.65. The number of rotatable bonds is 4. The van der Waals surface area contributed by atoms with Crippen LogP contribution in [0, 0.1) is 0 Å². The van der Waals surface area contributed by atoms with Gasteiger partial charge in [0, 0.05) is 12.1 Å². The van der Waals surface area contributed by atoms with Crippen LogP contribution in [0.15, 0.2) is 24.4 Å². The molecule has 0 aliphatic heterocycles. The van der Waals surface area contributed by atoms with Crippen molar-refractivity contribution in [3.8, 4) is 11.4 Å². The minimum Gasteiger partial charge on any atom is -0.506 e. The molecule has 0 bridgehead atoms. The zero-order valence-electron chi connectivity index (χ0n) is 10.6. The number of aromatic nitrogens is 3. The van der Waals surface area contributed by atoms with Gasteiger partial charge in [0.15, 0.2) is 5.69 Å². The molecular formula is C12H12N4O4. The van der Waals surface area contributed by atoms with Crippen molar-refractivity contribution in [2.75, 3.05) is 6.54 Å². The second-order valence-electron chi connectivity index (χ2n) is 3.92. The first-order valence-corrected chi connectivity index (χ1v) is 5.80. The van der Waals surface area contributed by atoms with E-state index in [0.29, 0.717) is 12.1 Å². The quantitative estimate of drug-likeness (QED) is 0.745. The fourth-order valence-corrected chi connectivity index (χ4v) is 1.59. The van der Waals surface area contributed by atoms with Gasteiger partial charge in [-0.15, -0.1) is 5.10 Å². The van der Waals surface area contributed by atoms with Crippen molar-refractivity contribution in [1.29, 1.82) is 0 Å². The van der Waals surface area contributed by atoms with E-state index in [1.165, 1.54) is 18.2 Å². The lowest BCUT2D eigenvalue weighted by molar-refractivity contribution is 0.0690. The van der Waals surface area contributed by atoms with Gasteiger partial charge in [0.05, 0.1) is 6.20 Å². The Morgan fingerprint density at radius 1 is 1.40 bits per heavy atom. The number of carboxylic acids is 1. The summed E-state index contributed by atoms with van der Waals surface area (Å²) in [5.74, 6) is -1.66. The fraction of sp³-hybridized carbons (Fsp3) is 0.167. The average molecular weight is 276 g/mol. The van der Waals surface area contributed by atoms with Crippen LogP contribution in [-0.4, -0.2) is 43.6 Å². The molecule has 0 radical (unpaired) electrons. The molecule has 1 aromatic heterocycles. The van der Waals surface area contributed by atoms with E-state index in [2.05, 4.69) is 15.6 Å². The number of hydrogen-bond acceptors (Lipinski definition) is 5. The molecule has 1 amide bonds. The summed E-state index contributed by atoms with van der Waals surface area (Å²) in [5, 5.41) is 28.2. The molecule has 0 unspecified atom stereocenters. The Morgan fingerprint density at radius 2 is 2.15 bits per heavy atom. The van der Waals surface area contributed by atoms with Gasteiger partial charge >= 0.3 is 5.97 Å². The van der Waals surface area contributed by atoms with Gasteiger partial charge in [-0.25, -0.2) is 9.48 Å². The highest BCUT2D eigenvalue weighted by molar-refractivity contribution is 5.95. The summed E-state index contributed by atoms with van der Waals surface area (Å²) in [6, 6.07) is 4.20. The maximum absolute atomic E-state index is 11.7. The van der Waals surface area contributed by atoms with Gasteiger partial charge in [0.25, 0.3) is 5.91 Å². The third-order valence-electron chi connectivity index (χ3n) is 2.53. The Bertz CT molecular complexity index is 665. The zero-order chi connectivity index (χ0) is 14.7. The number of aromatic hydroxyl groups is 1. The monoisotopic (exact) mass is 276 g/mol. The van der Waals surface area contributed by atoms with Crippen LogP contribution in [0.2, 0.25) is 0 Å². The van der Waals surface area contributed by atoms with Gasteiger partial charge in [-0.1, -0.05) is 5.21 Å². The molecule has 0 saturated carbocycles. The minimum absolute atomic E-state index is 0.139. The molecular weight excluding hydrogens is 264 g/mol. The van der Waals surface area contributed by atoms with Crippen LogP contribution in [0.1, 0.15) is 27.8 Å². The van der Waals surface area contributed by atoms with Gasteiger partial charge in [-0.3, -0.25) is 4.79 Å². The van der Waals surface area contributed by atoms with Crippen molar-refractivity contribution < 1.29 is 19.8 Å². The molecule has 0 atom stereocenters. The van der Waals surface area contributed by atoms with E-state index in [9.17, 15) is 14.7 Å². The lowest BCUT2D eigenvalue weighted by atomic mass is 10.1. The molecule has 1 aromatic carbocycles. The Balaban J connectivity index is 2.41. The van der Waals surface area contributed by atoms with E-state index < -0.39 is 5.97 Å². The minimum atomic E-state index is -1.23. The van der Waals surface area contributed by atoms with Gasteiger partial charge in [0.2, 0.25) is 0 Å². The molecule has 104 valence electrons. The maximum atomic E-state index is 11.7. The van der Waals surface area contributed by atoms with Crippen molar-refractivity contribution >= 4 is 11.9 Å². The van der Waals surface area contributed by atoms with Crippen LogP contribution in [0.5, 0.6) is 5.75 Å².